The van der Waals surface area contributed by atoms with Crippen LogP contribution in [0.5, 0.6) is 0 Å². The maximum atomic E-state index is 12.9. The van der Waals surface area contributed by atoms with Crippen molar-refractivity contribution < 1.29 is 26.4 Å². The van der Waals surface area contributed by atoms with E-state index in [9.17, 15) is 26.4 Å². The summed E-state index contributed by atoms with van der Waals surface area (Å²) in [4.78, 5) is 13.6. The number of para-hydroxylation sites is 1. The van der Waals surface area contributed by atoms with Gasteiger partial charge in [0.25, 0.3) is 0 Å². The molecule has 0 saturated carbocycles. The number of halogens is 4. The average molecular weight is 462 g/mol. The van der Waals surface area contributed by atoms with Crippen molar-refractivity contribution in [1.29, 1.82) is 0 Å². The molecule has 1 fully saturated rings. The molecule has 3 rings (SSSR count). The highest BCUT2D eigenvalue weighted by atomic mass is 35.5. The first kappa shape index (κ1) is 22.5. The molecule has 0 radical (unpaired) electrons. The van der Waals surface area contributed by atoms with E-state index in [0.29, 0.717) is 16.8 Å². The van der Waals surface area contributed by atoms with Crippen LogP contribution in [0.15, 0.2) is 53.4 Å². The van der Waals surface area contributed by atoms with Gasteiger partial charge in [-0.2, -0.15) is 17.5 Å². The second kappa shape index (κ2) is 8.93. The van der Waals surface area contributed by atoms with E-state index >= 15 is 0 Å². The van der Waals surface area contributed by atoms with Crippen molar-refractivity contribution in [2.24, 2.45) is 0 Å². The molecule has 0 spiro atoms. The molecular weight excluding hydrogens is 443 g/mol. The molecule has 0 atom stereocenters. The number of nitrogens with zero attached hydrogens (tertiary/aromatic N) is 2. The third kappa shape index (κ3) is 5.31. The van der Waals surface area contributed by atoms with E-state index in [2.05, 4.69) is 5.32 Å². The number of carbonyl (C=O) groups is 1. The molecule has 1 aliphatic heterocycles. The average Bonchev–Trinajstić information content (AvgIpc) is 2.69. The first-order chi connectivity index (χ1) is 14.1. The van der Waals surface area contributed by atoms with Gasteiger partial charge in [-0.25, -0.2) is 8.42 Å². The standard InChI is InChI=1S/C19H19ClF3N3O3S/c20-16-6-1-2-7-17(16)24-18(27)13-25-8-10-26(11-9-25)30(28,29)15-5-3-4-14(12-15)19(21,22)23/h1-7,12H,8-11,13H2,(H,24,27). The van der Waals surface area contributed by atoms with Gasteiger partial charge in [0.2, 0.25) is 15.9 Å². The van der Waals surface area contributed by atoms with Crippen molar-refractivity contribution in [3.63, 3.8) is 0 Å². The molecule has 1 saturated heterocycles. The number of nitrogens with one attached hydrogen (secondary N) is 1. The lowest BCUT2D eigenvalue weighted by atomic mass is 10.2. The zero-order valence-electron chi connectivity index (χ0n) is 15.7. The Labute approximate surface area is 177 Å². The number of piperazine rings is 1. The summed E-state index contributed by atoms with van der Waals surface area (Å²) in [6, 6.07) is 10.5. The number of amides is 1. The Hall–Kier alpha value is -2.14. The summed E-state index contributed by atoms with van der Waals surface area (Å²) in [5.74, 6) is -0.294. The molecule has 0 aliphatic carbocycles. The fourth-order valence-corrected chi connectivity index (χ4v) is 4.72. The normalized spacial score (nSPS) is 16.4. The van der Waals surface area contributed by atoms with Crippen LogP contribution in [-0.2, 0) is 21.0 Å². The van der Waals surface area contributed by atoms with E-state index in [0.717, 1.165) is 22.5 Å². The Balaban J connectivity index is 1.60. The van der Waals surface area contributed by atoms with Crippen LogP contribution >= 0.6 is 11.6 Å². The topological polar surface area (TPSA) is 69.7 Å². The number of sulfonamides is 1. The lowest BCUT2D eigenvalue weighted by Crippen LogP contribution is -2.50. The van der Waals surface area contributed by atoms with Gasteiger partial charge < -0.3 is 5.32 Å². The largest absolute Gasteiger partial charge is 0.416 e. The summed E-state index contributed by atoms with van der Waals surface area (Å²) in [5, 5.41) is 3.10. The van der Waals surface area contributed by atoms with Crippen molar-refractivity contribution >= 4 is 33.2 Å². The highest BCUT2D eigenvalue weighted by Gasteiger charge is 2.34. The van der Waals surface area contributed by atoms with E-state index < -0.39 is 26.7 Å². The van der Waals surface area contributed by atoms with Crippen molar-refractivity contribution in [3.05, 3.63) is 59.1 Å². The first-order valence-electron chi connectivity index (χ1n) is 9.01. The van der Waals surface area contributed by atoms with Crippen LogP contribution in [0.2, 0.25) is 5.02 Å². The minimum Gasteiger partial charge on any atom is -0.324 e. The van der Waals surface area contributed by atoms with Crippen LogP contribution in [0.1, 0.15) is 5.56 Å². The Morgan fingerprint density at radius 2 is 1.70 bits per heavy atom. The number of hydrogen-bond acceptors (Lipinski definition) is 4. The van der Waals surface area contributed by atoms with Gasteiger partial charge in [0.15, 0.2) is 0 Å². The Kier molecular flexibility index (Phi) is 6.71. The van der Waals surface area contributed by atoms with Crippen molar-refractivity contribution in [2.75, 3.05) is 38.0 Å². The highest BCUT2D eigenvalue weighted by Crippen LogP contribution is 2.31. The van der Waals surface area contributed by atoms with Crippen molar-refractivity contribution in [1.82, 2.24) is 9.21 Å². The lowest BCUT2D eigenvalue weighted by molar-refractivity contribution is -0.137. The van der Waals surface area contributed by atoms with Gasteiger partial charge in [0.05, 0.1) is 27.7 Å². The predicted molar refractivity (Wildman–Crippen MR) is 107 cm³/mol. The number of carbonyl (C=O) groups excluding carboxylic acids is 1. The molecule has 6 nitrogen and oxygen atoms in total. The summed E-state index contributed by atoms with van der Waals surface area (Å²) >= 11 is 6.01. The molecule has 0 bridgehead atoms. The van der Waals surface area contributed by atoms with E-state index in [1.54, 1.807) is 29.2 Å². The maximum Gasteiger partial charge on any atom is 0.416 e. The molecule has 2 aromatic rings. The summed E-state index contributed by atoms with van der Waals surface area (Å²) in [7, 11) is -4.06. The maximum absolute atomic E-state index is 12.9. The summed E-state index contributed by atoms with van der Waals surface area (Å²) < 4.78 is 65.2. The molecule has 1 N–H and O–H groups in total. The van der Waals surface area contributed by atoms with E-state index in [4.69, 9.17) is 11.6 Å². The molecule has 11 heteroatoms. The van der Waals surface area contributed by atoms with E-state index in [1.807, 2.05) is 0 Å². The van der Waals surface area contributed by atoms with Crippen LogP contribution < -0.4 is 5.32 Å². The van der Waals surface area contributed by atoms with Gasteiger partial charge >= 0.3 is 6.18 Å². The lowest BCUT2D eigenvalue weighted by Gasteiger charge is -2.33. The smallest absolute Gasteiger partial charge is 0.324 e. The number of alkyl halides is 3. The van der Waals surface area contributed by atoms with Crippen LogP contribution in [0, 0.1) is 0 Å². The monoisotopic (exact) mass is 461 g/mol. The Morgan fingerprint density at radius 3 is 2.33 bits per heavy atom. The fourth-order valence-electron chi connectivity index (χ4n) is 3.07. The van der Waals surface area contributed by atoms with Gasteiger partial charge in [0, 0.05) is 26.2 Å². The second-order valence-electron chi connectivity index (χ2n) is 6.73. The molecule has 30 heavy (non-hydrogen) atoms. The van der Waals surface area contributed by atoms with E-state index in [1.165, 1.54) is 0 Å². The SMILES string of the molecule is O=C(CN1CCN(S(=O)(=O)c2cccc(C(F)(F)F)c2)CC1)Nc1ccccc1Cl. The number of benzene rings is 2. The van der Waals surface area contributed by atoms with Crippen LogP contribution in [0.25, 0.3) is 0 Å². The molecule has 1 heterocycles. The highest BCUT2D eigenvalue weighted by molar-refractivity contribution is 7.89. The minimum absolute atomic E-state index is 0.0443. The molecule has 1 amide bonds. The molecular formula is C19H19ClF3N3O3S. The van der Waals surface area contributed by atoms with Gasteiger partial charge in [-0.05, 0) is 30.3 Å². The zero-order chi connectivity index (χ0) is 21.9. The van der Waals surface area contributed by atoms with Gasteiger partial charge in [-0.3, -0.25) is 9.69 Å². The Bertz CT molecular complexity index is 1020. The molecule has 162 valence electrons. The van der Waals surface area contributed by atoms with Gasteiger partial charge in [-0.1, -0.05) is 29.8 Å². The molecule has 1 aliphatic rings. The first-order valence-corrected chi connectivity index (χ1v) is 10.8. The minimum atomic E-state index is -4.63. The van der Waals surface area contributed by atoms with Gasteiger partial charge in [0.1, 0.15) is 0 Å². The summed E-state index contributed by atoms with van der Waals surface area (Å²) in [6.45, 7) is 0.723. The van der Waals surface area contributed by atoms with Gasteiger partial charge in [-0.15, -0.1) is 0 Å². The quantitative estimate of drug-likeness (QED) is 0.741. The summed E-state index contributed by atoms with van der Waals surface area (Å²) in [6.07, 6.45) is -4.63. The third-order valence-electron chi connectivity index (χ3n) is 4.65. The third-order valence-corrected chi connectivity index (χ3v) is 6.87. The molecule has 0 unspecified atom stereocenters. The molecule has 0 aromatic heterocycles. The van der Waals surface area contributed by atoms with E-state index in [-0.39, 0.29) is 38.6 Å². The number of hydrogen-bond donors (Lipinski definition) is 1. The number of anilines is 1. The summed E-state index contributed by atoms with van der Waals surface area (Å²) in [5.41, 5.74) is -0.534. The zero-order valence-corrected chi connectivity index (χ0v) is 17.3. The second-order valence-corrected chi connectivity index (χ2v) is 9.08. The van der Waals surface area contributed by atoms with Crippen molar-refractivity contribution in [2.45, 2.75) is 11.1 Å². The Morgan fingerprint density at radius 1 is 1.03 bits per heavy atom. The van der Waals surface area contributed by atoms with Crippen LogP contribution in [0.3, 0.4) is 0 Å². The number of rotatable bonds is 5. The molecule has 2 aromatic carbocycles. The van der Waals surface area contributed by atoms with Crippen molar-refractivity contribution in [3.8, 4) is 0 Å². The predicted octanol–water partition coefficient (Wildman–Crippen LogP) is 3.30. The van der Waals surface area contributed by atoms with Crippen LogP contribution in [0.4, 0.5) is 18.9 Å². The fraction of sp³-hybridized carbons (Fsp3) is 0.316. The van der Waals surface area contributed by atoms with Crippen LogP contribution in [-0.4, -0.2) is 56.3 Å².